The van der Waals surface area contributed by atoms with Gasteiger partial charge in [-0.3, -0.25) is 0 Å². The third kappa shape index (κ3) is 3.06. The van der Waals surface area contributed by atoms with Gasteiger partial charge in [0, 0.05) is 10.5 Å². The molecule has 1 saturated carbocycles. The van der Waals surface area contributed by atoms with Crippen molar-refractivity contribution >= 4 is 45.2 Å². The predicted octanol–water partition coefficient (Wildman–Crippen LogP) is 4.40. The van der Waals surface area contributed by atoms with E-state index in [0.29, 0.717) is 10.0 Å². The number of hydrogen-bond acceptors (Lipinski definition) is 1. The minimum Gasteiger partial charge on any atom is -0.465 e. The fourth-order valence-electron chi connectivity index (χ4n) is 1.65. The van der Waals surface area contributed by atoms with E-state index in [-0.39, 0.29) is 12.6 Å². The lowest BCUT2D eigenvalue weighted by Gasteiger charge is -2.19. The Labute approximate surface area is 117 Å². The number of carbonyl (C=O) groups is 1. The van der Waals surface area contributed by atoms with Crippen LogP contribution in [-0.4, -0.2) is 22.1 Å². The van der Waals surface area contributed by atoms with Crippen molar-refractivity contribution in [2.24, 2.45) is 0 Å². The Morgan fingerprint density at radius 1 is 1.47 bits per heavy atom. The Bertz CT molecular complexity index is 463. The van der Waals surface area contributed by atoms with Crippen LogP contribution in [0.2, 0.25) is 10.0 Å². The molecule has 1 aromatic carbocycles. The van der Waals surface area contributed by atoms with Crippen molar-refractivity contribution in [1.29, 1.82) is 0 Å². The maximum Gasteiger partial charge on any atom is 0.407 e. The highest BCUT2D eigenvalue weighted by atomic mass is 79.9. The van der Waals surface area contributed by atoms with E-state index in [4.69, 9.17) is 28.3 Å². The lowest BCUT2D eigenvalue weighted by Crippen LogP contribution is -2.31. The molecular weight excluding hydrogens is 329 g/mol. The summed E-state index contributed by atoms with van der Waals surface area (Å²) < 4.78 is 0.794. The van der Waals surface area contributed by atoms with Crippen molar-refractivity contribution in [1.82, 2.24) is 4.90 Å². The van der Waals surface area contributed by atoms with Crippen LogP contribution in [0.3, 0.4) is 0 Å². The van der Waals surface area contributed by atoms with Crippen LogP contribution in [0.5, 0.6) is 0 Å². The van der Waals surface area contributed by atoms with Crippen molar-refractivity contribution in [3.8, 4) is 0 Å². The van der Waals surface area contributed by atoms with Crippen LogP contribution in [0.1, 0.15) is 18.4 Å². The van der Waals surface area contributed by atoms with Gasteiger partial charge in [-0.1, -0.05) is 39.1 Å². The van der Waals surface area contributed by atoms with Gasteiger partial charge in [-0.2, -0.15) is 0 Å². The molecule has 0 unspecified atom stereocenters. The van der Waals surface area contributed by atoms with Gasteiger partial charge in [-0.15, -0.1) is 0 Å². The summed E-state index contributed by atoms with van der Waals surface area (Å²) in [4.78, 5) is 12.5. The molecule has 0 saturated heterocycles. The lowest BCUT2D eigenvalue weighted by atomic mass is 10.2. The van der Waals surface area contributed by atoms with E-state index >= 15 is 0 Å². The zero-order chi connectivity index (χ0) is 12.6. The number of carboxylic acid groups (broad SMARTS) is 1. The molecule has 17 heavy (non-hydrogen) atoms. The minimum absolute atomic E-state index is 0.126. The van der Waals surface area contributed by atoms with Crippen LogP contribution in [0.25, 0.3) is 0 Å². The normalized spacial score (nSPS) is 14.8. The van der Waals surface area contributed by atoms with Crippen LogP contribution in [-0.2, 0) is 6.54 Å². The smallest absolute Gasteiger partial charge is 0.407 e. The number of benzene rings is 1. The fraction of sp³-hybridized carbons (Fsp3) is 0.364. The van der Waals surface area contributed by atoms with Gasteiger partial charge in [0.25, 0.3) is 0 Å². The summed E-state index contributed by atoms with van der Waals surface area (Å²) in [5.41, 5.74) is 0.723. The van der Waals surface area contributed by atoms with Crippen LogP contribution >= 0.6 is 39.1 Å². The van der Waals surface area contributed by atoms with Crippen LogP contribution in [0.15, 0.2) is 16.6 Å². The summed E-state index contributed by atoms with van der Waals surface area (Å²) in [6, 6.07) is 3.61. The standard InChI is InChI=1S/C11H10BrCl2NO2/c12-7-3-6(10(14)9(13)4-7)5-15(11(16)17)8-1-2-8/h3-4,8H,1-2,5H2,(H,16,17). The lowest BCUT2D eigenvalue weighted by molar-refractivity contribution is 0.139. The molecule has 0 aromatic heterocycles. The summed E-state index contributed by atoms with van der Waals surface area (Å²) in [6.07, 6.45) is 0.928. The van der Waals surface area contributed by atoms with Crippen molar-refractivity contribution in [2.75, 3.05) is 0 Å². The zero-order valence-corrected chi connectivity index (χ0v) is 11.9. The highest BCUT2D eigenvalue weighted by Gasteiger charge is 2.32. The largest absolute Gasteiger partial charge is 0.465 e. The molecule has 1 aromatic rings. The predicted molar refractivity (Wildman–Crippen MR) is 70.8 cm³/mol. The van der Waals surface area contributed by atoms with Gasteiger partial charge < -0.3 is 10.0 Å². The average Bonchev–Trinajstić information content (AvgIpc) is 3.04. The Balaban J connectivity index is 2.25. The molecule has 92 valence electrons. The summed E-state index contributed by atoms with van der Waals surface area (Å²) in [6.45, 7) is 0.276. The van der Waals surface area contributed by atoms with E-state index in [1.54, 1.807) is 12.1 Å². The average molecular weight is 339 g/mol. The van der Waals surface area contributed by atoms with Crippen molar-refractivity contribution in [3.05, 3.63) is 32.2 Å². The highest BCUT2D eigenvalue weighted by Crippen LogP contribution is 2.34. The number of amides is 1. The first kappa shape index (κ1) is 13.0. The molecule has 1 aliphatic rings. The molecular formula is C11H10BrCl2NO2. The molecule has 0 atom stereocenters. The topological polar surface area (TPSA) is 40.5 Å². The fourth-order valence-corrected chi connectivity index (χ4v) is 2.69. The Hall–Kier alpha value is -0.450. The van der Waals surface area contributed by atoms with Gasteiger partial charge >= 0.3 is 6.09 Å². The second kappa shape index (κ2) is 5.04. The Kier molecular flexibility index (Phi) is 3.85. The van der Waals surface area contributed by atoms with Crippen molar-refractivity contribution < 1.29 is 9.90 Å². The molecule has 1 amide bonds. The first-order valence-electron chi connectivity index (χ1n) is 5.12. The number of nitrogens with zero attached hydrogens (tertiary/aromatic N) is 1. The van der Waals surface area contributed by atoms with Gasteiger partial charge in [0.1, 0.15) is 0 Å². The molecule has 0 bridgehead atoms. The zero-order valence-electron chi connectivity index (χ0n) is 8.79. The maximum absolute atomic E-state index is 11.1. The van der Waals surface area contributed by atoms with Gasteiger partial charge in [0.15, 0.2) is 0 Å². The summed E-state index contributed by atoms with van der Waals surface area (Å²) in [7, 11) is 0. The molecule has 0 radical (unpaired) electrons. The Morgan fingerprint density at radius 2 is 2.12 bits per heavy atom. The van der Waals surface area contributed by atoms with Gasteiger partial charge in [0.05, 0.1) is 16.6 Å². The highest BCUT2D eigenvalue weighted by molar-refractivity contribution is 9.10. The van der Waals surface area contributed by atoms with E-state index in [9.17, 15) is 4.79 Å². The number of halogens is 3. The third-order valence-electron chi connectivity index (χ3n) is 2.64. The second-order valence-corrected chi connectivity index (χ2v) is 5.70. The monoisotopic (exact) mass is 337 g/mol. The molecule has 0 spiro atoms. The summed E-state index contributed by atoms with van der Waals surface area (Å²) in [5.74, 6) is 0. The molecule has 3 nitrogen and oxygen atoms in total. The van der Waals surface area contributed by atoms with Crippen LogP contribution in [0.4, 0.5) is 4.79 Å². The summed E-state index contributed by atoms with van der Waals surface area (Å²) >= 11 is 15.3. The van der Waals surface area contributed by atoms with E-state index in [1.165, 1.54) is 4.90 Å². The van der Waals surface area contributed by atoms with E-state index in [2.05, 4.69) is 15.9 Å². The quantitative estimate of drug-likeness (QED) is 0.830. The molecule has 1 fully saturated rings. The molecule has 6 heteroatoms. The van der Waals surface area contributed by atoms with E-state index in [0.717, 1.165) is 22.9 Å². The third-order valence-corrected chi connectivity index (χ3v) is 3.94. The van der Waals surface area contributed by atoms with Crippen LogP contribution < -0.4 is 0 Å². The Morgan fingerprint density at radius 3 is 2.65 bits per heavy atom. The van der Waals surface area contributed by atoms with Gasteiger partial charge in [-0.25, -0.2) is 4.79 Å². The molecule has 0 heterocycles. The van der Waals surface area contributed by atoms with Crippen LogP contribution in [0, 0.1) is 0 Å². The SMILES string of the molecule is O=C(O)N(Cc1cc(Br)cc(Cl)c1Cl)C1CC1. The molecule has 1 N–H and O–H groups in total. The minimum atomic E-state index is -0.917. The first-order valence-corrected chi connectivity index (χ1v) is 6.67. The second-order valence-electron chi connectivity index (χ2n) is 4.00. The molecule has 2 rings (SSSR count). The number of hydrogen-bond donors (Lipinski definition) is 1. The maximum atomic E-state index is 11.1. The number of rotatable bonds is 3. The van der Waals surface area contributed by atoms with Gasteiger partial charge in [0.2, 0.25) is 0 Å². The van der Waals surface area contributed by atoms with E-state index in [1.807, 2.05) is 0 Å². The molecule has 1 aliphatic carbocycles. The van der Waals surface area contributed by atoms with Crippen molar-refractivity contribution in [2.45, 2.75) is 25.4 Å². The molecule has 0 aliphatic heterocycles. The van der Waals surface area contributed by atoms with Crippen molar-refractivity contribution in [3.63, 3.8) is 0 Å². The van der Waals surface area contributed by atoms with Gasteiger partial charge in [-0.05, 0) is 30.5 Å². The summed E-state index contributed by atoms with van der Waals surface area (Å²) in [5, 5.41) is 9.96. The van der Waals surface area contributed by atoms with E-state index < -0.39 is 6.09 Å². The first-order chi connectivity index (χ1) is 7.99.